The molecule has 4 rings (SSSR count). The number of para-hydroxylation sites is 1. The first kappa shape index (κ1) is 11.8. The highest BCUT2D eigenvalue weighted by Crippen LogP contribution is 2.36. The molecule has 0 aliphatic heterocycles. The molecule has 0 fully saturated rings. The first-order valence-corrected chi connectivity index (χ1v) is 6.73. The molecule has 4 nitrogen and oxygen atoms in total. The van der Waals surface area contributed by atoms with Gasteiger partial charge in [0.25, 0.3) is 0 Å². The highest BCUT2D eigenvalue weighted by molar-refractivity contribution is 6.02. The maximum Gasteiger partial charge on any atom is 0.140 e. The van der Waals surface area contributed by atoms with Crippen LogP contribution in [-0.2, 0) is 0 Å². The number of aromatic nitrogens is 3. The predicted octanol–water partition coefficient (Wildman–Crippen LogP) is 3.93. The van der Waals surface area contributed by atoms with Crippen LogP contribution in [0.5, 0.6) is 5.75 Å². The highest BCUT2D eigenvalue weighted by atomic mass is 16.3. The average molecular weight is 275 g/mol. The maximum atomic E-state index is 9.47. The summed E-state index contributed by atoms with van der Waals surface area (Å²) in [6, 6.07) is 15.3. The fourth-order valence-corrected chi connectivity index (χ4v) is 2.63. The van der Waals surface area contributed by atoms with Crippen LogP contribution < -0.4 is 0 Å². The van der Waals surface area contributed by atoms with E-state index >= 15 is 0 Å². The zero-order chi connectivity index (χ0) is 14.2. The van der Waals surface area contributed by atoms with E-state index in [0.717, 1.165) is 33.5 Å². The SMILES string of the molecule is Oc1ccc(-c2[nH]c3ccccc3c2-c2ncc[nH]2)cc1. The second-order valence-corrected chi connectivity index (χ2v) is 4.91. The van der Waals surface area contributed by atoms with Gasteiger partial charge in [-0.05, 0) is 35.9 Å². The third kappa shape index (κ3) is 1.89. The van der Waals surface area contributed by atoms with E-state index in [-0.39, 0.29) is 5.75 Å². The molecule has 0 spiro atoms. The van der Waals surface area contributed by atoms with Gasteiger partial charge in [-0.15, -0.1) is 0 Å². The minimum Gasteiger partial charge on any atom is -0.508 e. The monoisotopic (exact) mass is 275 g/mol. The van der Waals surface area contributed by atoms with Crippen LogP contribution in [-0.4, -0.2) is 20.1 Å². The molecule has 0 amide bonds. The molecule has 102 valence electrons. The zero-order valence-electron chi connectivity index (χ0n) is 11.2. The summed E-state index contributed by atoms with van der Waals surface area (Å²) >= 11 is 0. The smallest absolute Gasteiger partial charge is 0.140 e. The van der Waals surface area contributed by atoms with Gasteiger partial charge in [0.2, 0.25) is 0 Å². The minimum atomic E-state index is 0.259. The third-order valence-electron chi connectivity index (χ3n) is 3.60. The summed E-state index contributed by atoms with van der Waals surface area (Å²) in [5.41, 5.74) is 4.11. The molecule has 0 unspecified atom stereocenters. The maximum absolute atomic E-state index is 9.47. The number of fused-ring (bicyclic) bond motifs is 1. The molecule has 0 saturated carbocycles. The van der Waals surface area contributed by atoms with E-state index in [1.807, 2.05) is 36.5 Å². The summed E-state index contributed by atoms with van der Waals surface area (Å²) in [6.45, 7) is 0. The summed E-state index contributed by atoms with van der Waals surface area (Å²) in [5, 5.41) is 10.6. The summed E-state index contributed by atoms with van der Waals surface area (Å²) < 4.78 is 0. The Bertz CT molecular complexity index is 890. The van der Waals surface area contributed by atoms with Crippen molar-refractivity contribution in [3.63, 3.8) is 0 Å². The lowest BCUT2D eigenvalue weighted by molar-refractivity contribution is 0.475. The number of imidazole rings is 1. The van der Waals surface area contributed by atoms with Gasteiger partial charge in [-0.3, -0.25) is 0 Å². The average Bonchev–Trinajstić information content (AvgIpc) is 3.14. The number of hydrogen-bond acceptors (Lipinski definition) is 2. The van der Waals surface area contributed by atoms with E-state index in [4.69, 9.17) is 0 Å². The fraction of sp³-hybridized carbons (Fsp3) is 0. The molecule has 2 aromatic heterocycles. The molecule has 0 atom stereocenters. The van der Waals surface area contributed by atoms with E-state index in [0.29, 0.717) is 0 Å². The standard InChI is InChI=1S/C17H13N3O/c21-12-7-5-11(6-8-12)16-15(17-18-9-10-19-17)13-3-1-2-4-14(13)20-16/h1-10,20-21H,(H,18,19). The van der Waals surface area contributed by atoms with Crippen molar-refractivity contribution in [2.24, 2.45) is 0 Å². The molecule has 21 heavy (non-hydrogen) atoms. The zero-order valence-corrected chi connectivity index (χ0v) is 11.2. The van der Waals surface area contributed by atoms with Crippen LogP contribution in [0.25, 0.3) is 33.5 Å². The summed E-state index contributed by atoms with van der Waals surface area (Å²) in [4.78, 5) is 11.0. The topological polar surface area (TPSA) is 64.7 Å². The van der Waals surface area contributed by atoms with E-state index in [9.17, 15) is 5.11 Å². The lowest BCUT2D eigenvalue weighted by atomic mass is 10.0. The Morgan fingerprint density at radius 3 is 2.52 bits per heavy atom. The van der Waals surface area contributed by atoms with Crippen molar-refractivity contribution in [3.05, 3.63) is 60.9 Å². The number of hydrogen-bond donors (Lipinski definition) is 3. The van der Waals surface area contributed by atoms with E-state index < -0.39 is 0 Å². The summed E-state index contributed by atoms with van der Waals surface area (Å²) in [5.74, 6) is 1.09. The first-order valence-electron chi connectivity index (χ1n) is 6.73. The second-order valence-electron chi connectivity index (χ2n) is 4.91. The summed E-state index contributed by atoms with van der Waals surface area (Å²) in [7, 11) is 0. The molecule has 2 aromatic carbocycles. The number of H-pyrrole nitrogens is 2. The fourth-order valence-electron chi connectivity index (χ4n) is 2.63. The number of aromatic hydroxyl groups is 1. The molecule has 0 bridgehead atoms. The molecular weight excluding hydrogens is 262 g/mol. The Balaban J connectivity index is 2.04. The lowest BCUT2D eigenvalue weighted by Gasteiger charge is -2.03. The number of nitrogens with zero attached hydrogens (tertiary/aromatic N) is 1. The van der Waals surface area contributed by atoms with Crippen molar-refractivity contribution in [1.29, 1.82) is 0 Å². The molecule has 2 heterocycles. The van der Waals surface area contributed by atoms with Gasteiger partial charge in [-0.25, -0.2) is 4.98 Å². The van der Waals surface area contributed by atoms with E-state index in [1.165, 1.54) is 0 Å². The van der Waals surface area contributed by atoms with Crippen molar-refractivity contribution in [2.45, 2.75) is 0 Å². The van der Waals surface area contributed by atoms with Crippen molar-refractivity contribution in [3.8, 4) is 28.4 Å². The minimum absolute atomic E-state index is 0.259. The van der Waals surface area contributed by atoms with Crippen molar-refractivity contribution in [2.75, 3.05) is 0 Å². The molecule has 0 aliphatic rings. The van der Waals surface area contributed by atoms with Gasteiger partial charge in [0, 0.05) is 23.3 Å². The van der Waals surface area contributed by atoms with Crippen LogP contribution in [0.1, 0.15) is 0 Å². The van der Waals surface area contributed by atoms with Gasteiger partial charge in [-0.2, -0.15) is 0 Å². The molecule has 0 aliphatic carbocycles. The van der Waals surface area contributed by atoms with Gasteiger partial charge in [0.15, 0.2) is 0 Å². The van der Waals surface area contributed by atoms with Crippen LogP contribution in [0.2, 0.25) is 0 Å². The Kier molecular flexibility index (Phi) is 2.54. The number of phenols is 1. The number of benzene rings is 2. The van der Waals surface area contributed by atoms with Crippen LogP contribution in [0.3, 0.4) is 0 Å². The van der Waals surface area contributed by atoms with Gasteiger partial charge >= 0.3 is 0 Å². The van der Waals surface area contributed by atoms with E-state index in [1.54, 1.807) is 18.3 Å². The molecule has 4 aromatic rings. The summed E-state index contributed by atoms with van der Waals surface area (Å²) in [6.07, 6.45) is 3.56. The Morgan fingerprint density at radius 2 is 1.76 bits per heavy atom. The van der Waals surface area contributed by atoms with Crippen LogP contribution in [0.15, 0.2) is 60.9 Å². The predicted molar refractivity (Wildman–Crippen MR) is 83.0 cm³/mol. The number of aromatic amines is 2. The molecule has 3 N–H and O–H groups in total. The van der Waals surface area contributed by atoms with Gasteiger partial charge in [0.1, 0.15) is 11.6 Å². The Labute approximate surface area is 121 Å². The highest BCUT2D eigenvalue weighted by Gasteiger charge is 2.16. The Hall–Kier alpha value is -3.01. The number of rotatable bonds is 2. The van der Waals surface area contributed by atoms with Crippen molar-refractivity contribution < 1.29 is 5.11 Å². The van der Waals surface area contributed by atoms with Crippen LogP contribution >= 0.6 is 0 Å². The molecule has 4 heteroatoms. The van der Waals surface area contributed by atoms with Crippen molar-refractivity contribution >= 4 is 10.9 Å². The quantitative estimate of drug-likeness (QED) is 0.519. The second kappa shape index (κ2) is 4.52. The van der Waals surface area contributed by atoms with Crippen molar-refractivity contribution in [1.82, 2.24) is 15.0 Å². The van der Waals surface area contributed by atoms with E-state index in [2.05, 4.69) is 21.0 Å². The van der Waals surface area contributed by atoms with Gasteiger partial charge in [0.05, 0.1) is 11.3 Å². The molecule has 0 radical (unpaired) electrons. The van der Waals surface area contributed by atoms with Crippen LogP contribution in [0.4, 0.5) is 0 Å². The van der Waals surface area contributed by atoms with Gasteiger partial charge in [-0.1, -0.05) is 18.2 Å². The number of nitrogens with one attached hydrogen (secondary N) is 2. The lowest BCUT2D eigenvalue weighted by Crippen LogP contribution is -1.84. The third-order valence-corrected chi connectivity index (χ3v) is 3.60. The Morgan fingerprint density at radius 1 is 0.952 bits per heavy atom. The first-order chi connectivity index (χ1) is 10.3. The van der Waals surface area contributed by atoms with Crippen LogP contribution in [0, 0.1) is 0 Å². The number of phenolic OH excluding ortho intramolecular Hbond substituents is 1. The molecule has 0 saturated heterocycles. The normalized spacial score (nSPS) is 11.0. The largest absolute Gasteiger partial charge is 0.508 e. The molecular formula is C17H13N3O. The van der Waals surface area contributed by atoms with Gasteiger partial charge < -0.3 is 15.1 Å².